The van der Waals surface area contributed by atoms with Crippen LogP contribution in [0.3, 0.4) is 0 Å². The van der Waals surface area contributed by atoms with Crippen LogP contribution < -0.4 is 5.32 Å². The first-order valence-corrected chi connectivity index (χ1v) is 5.63. The molecule has 1 unspecified atom stereocenters. The zero-order valence-corrected chi connectivity index (χ0v) is 10.1. The number of hydrogen-bond acceptors (Lipinski definition) is 1. The van der Waals surface area contributed by atoms with Crippen molar-refractivity contribution in [2.45, 2.75) is 31.5 Å². The minimum absolute atomic E-state index is 0.0422. The van der Waals surface area contributed by atoms with Gasteiger partial charge in [0.1, 0.15) is 0 Å². The summed E-state index contributed by atoms with van der Waals surface area (Å²) in [4.78, 5) is 0. The van der Waals surface area contributed by atoms with Gasteiger partial charge in [-0.25, -0.2) is 13.2 Å². The molecule has 1 nitrogen and oxygen atoms in total. The molecule has 108 valence electrons. The Morgan fingerprint density at radius 1 is 1.11 bits per heavy atom. The second-order valence-corrected chi connectivity index (χ2v) is 4.15. The highest BCUT2D eigenvalue weighted by molar-refractivity contribution is 5.22. The Kier molecular flexibility index (Phi) is 5.22. The minimum Gasteiger partial charge on any atom is -0.313 e. The van der Waals surface area contributed by atoms with Crippen LogP contribution in [0.25, 0.3) is 0 Å². The van der Waals surface area contributed by atoms with Gasteiger partial charge >= 0.3 is 6.18 Å². The summed E-state index contributed by atoms with van der Waals surface area (Å²) in [7, 11) is 1.46. The molecule has 0 saturated carbocycles. The van der Waals surface area contributed by atoms with E-state index >= 15 is 0 Å². The van der Waals surface area contributed by atoms with Crippen LogP contribution in [0.2, 0.25) is 0 Å². The first-order chi connectivity index (χ1) is 8.74. The SMILES string of the molecule is CNC(CCCC(F)(F)F)c1cc(F)c(F)c(F)c1. The molecule has 0 aliphatic rings. The Labute approximate surface area is 106 Å². The molecular formula is C12H13F6N. The summed E-state index contributed by atoms with van der Waals surface area (Å²) in [6.45, 7) is 0. The molecule has 19 heavy (non-hydrogen) atoms. The van der Waals surface area contributed by atoms with Gasteiger partial charge < -0.3 is 5.32 Å². The maximum atomic E-state index is 13.0. The number of hydrogen-bond donors (Lipinski definition) is 1. The fourth-order valence-corrected chi connectivity index (χ4v) is 1.76. The van der Waals surface area contributed by atoms with E-state index in [0.29, 0.717) is 0 Å². The van der Waals surface area contributed by atoms with Gasteiger partial charge in [-0.2, -0.15) is 13.2 Å². The first kappa shape index (κ1) is 15.8. The zero-order valence-electron chi connectivity index (χ0n) is 10.1. The highest BCUT2D eigenvalue weighted by Crippen LogP contribution is 2.27. The van der Waals surface area contributed by atoms with E-state index in [4.69, 9.17) is 0 Å². The summed E-state index contributed by atoms with van der Waals surface area (Å²) in [5, 5.41) is 2.66. The maximum absolute atomic E-state index is 13.0. The van der Waals surface area contributed by atoms with Crippen LogP contribution in [0.15, 0.2) is 12.1 Å². The van der Waals surface area contributed by atoms with Gasteiger partial charge in [-0.3, -0.25) is 0 Å². The second kappa shape index (κ2) is 6.27. The Morgan fingerprint density at radius 2 is 1.63 bits per heavy atom. The van der Waals surface area contributed by atoms with Crippen LogP contribution in [0, 0.1) is 17.5 Å². The lowest BCUT2D eigenvalue weighted by atomic mass is 10.0. The molecular weight excluding hydrogens is 272 g/mol. The van der Waals surface area contributed by atoms with Gasteiger partial charge in [-0.05, 0) is 37.6 Å². The monoisotopic (exact) mass is 285 g/mol. The van der Waals surface area contributed by atoms with Crippen molar-refractivity contribution in [3.63, 3.8) is 0 Å². The molecule has 0 radical (unpaired) electrons. The fourth-order valence-electron chi connectivity index (χ4n) is 1.76. The van der Waals surface area contributed by atoms with Crippen molar-refractivity contribution in [3.8, 4) is 0 Å². The summed E-state index contributed by atoms with van der Waals surface area (Å²) in [6.07, 6.45) is -5.38. The average molecular weight is 285 g/mol. The Balaban J connectivity index is 2.75. The van der Waals surface area contributed by atoms with E-state index in [1.807, 2.05) is 0 Å². The summed E-state index contributed by atoms with van der Waals surface area (Å²) in [5.41, 5.74) is 0.0843. The van der Waals surface area contributed by atoms with Crippen LogP contribution in [0.1, 0.15) is 30.9 Å². The first-order valence-electron chi connectivity index (χ1n) is 5.63. The van der Waals surface area contributed by atoms with Gasteiger partial charge in [0, 0.05) is 12.5 Å². The molecule has 0 amide bonds. The molecule has 1 N–H and O–H groups in total. The number of rotatable bonds is 5. The van der Waals surface area contributed by atoms with Crippen LogP contribution >= 0.6 is 0 Å². The molecule has 0 aromatic heterocycles. The summed E-state index contributed by atoms with van der Waals surface area (Å²) >= 11 is 0. The highest BCUT2D eigenvalue weighted by atomic mass is 19.4. The van der Waals surface area contributed by atoms with E-state index < -0.39 is 36.1 Å². The van der Waals surface area contributed by atoms with E-state index in [2.05, 4.69) is 5.32 Å². The quantitative estimate of drug-likeness (QED) is 0.634. The van der Waals surface area contributed by atoms with Gasteiger partial charge in [0.15, 0.2) is 17.5 Å². The lowest BCUT2D eigenvalue weighted by Gasteiger charge is -2.17. The van der Waals surface area contributed by atoms with E-state index in [1.54, 1.807) is 0 Å². The number of halogens is 6. The lowest BCUT2D eigenvalue weighted by Crippen LogP contribution is -2.18. The van der Waals surface area contributed by atoms with Crippen LogP contribution in [-0.2, 0) is 0 Å². The van der Waals surface area contributed by atoms with Crippen molar-refractivity contribution in [1.82, 2.24) is 5.32 Å². The molecule has 0 heterocycles. The predicted octanol–water partition coefficient (Wildman–Crippen LogP) is 4.10. The van der Waals surface area contributed by atoms with Gasteiger partial charge in [-0.15, -0.1) is 0 Å². The van der Waals surface area contributed by atoms with Crippen LogP contribution in [0.5, 0.6) is 0 Å². The van der Waals surface area contributed by atoms with E-state index in [-0.39, 0.29) is 18.4 Å². The molecule has 0 saturated heterocycles. The summed E-state index contributed by atoms with van der Waals surface area (Å²) < 4.78 is 74.8. The van der Waals surface area contributed by atoms with Crippen molar-refractivity contribution in [3.05, 3.63) is 35.1 Å². The zero-order chi connectivity index (χ0) is 14.6. The van der Waals surface area contributed by atoms with Gasteiger partial charge in [0.05, 0.1) is 0 Å². The highest BCUT2D eigenvalue weighted by Gasteiger charge is 2.27. The molecule has 0 spiro atoms. The molecule has 0 fully saturated rings. The normalized spacial score (nSPS) is 13.6. The lowest BCUT2D eigenvalue weighted by molar-refractivity contribution is -0.135. The smallest absolute Gasteiger partial charge is 0.313 e. The average Bonchev–Trinajstić information content (AvgIpc) is 2.29. The van der Waals surface area contributed by atoms with E-state index in [0.717, 1.165) is 12.1 Å². The van der Waals surface area contributed by atoms with Crippen molar-refractivity contribution in [2.75, 3.05) is 7.05 Å². The molecule has 1 rings (SSSR count). The standard InChI is InChI=1S/C12H13F6N/c1-19-10(3-2-4-12(16,17)18)7-5-8(13)11(15)9(14)6-7/h5-6,10,19H,2-4H2,1H3. The largest absolute Gasteiger partial charge is 0.389 e. The Morgan fingerprint density at radius 3 is 2.05 bits per heavy atom. The number of nitrogens with one attached hydrogen (secondary N) is 1. The molecule has 0 aliphatic heterocycles. The molecule has 0 bridgehead atoms. The summed E-state index contributed by atoms with van der Waals surface area (Å²) in [5.74, 6) is -4.30. The Bertz CT molecular complexity index is 406. The van der Waals surface area contributed by atoms with Crippen molar-refractivity contribution >= 4 is 0 Å². The molecule has 1 aromatic carbocycles. The third-order valence-electron chi connectivity index (χ3n) is 2.71. The predicted molar refractivity (Wildman–Crippen MR) is 58.0 cm³/mol. The maximum Gasteiger partial charge on any atom is 0.389 e. The number of alkyl halides is 3. The molecule has 1 aromatic rings. The Hall–Kier alpha value is -1.24. The van der Waals surface area contributed by atoms with Crippen molar-refractivity contribution in [2.24, 2.45) is 0 Å². The van der Waals surface area contributed by atoms with E-state index in [1.165, 1.54) is 7.05 Å². The van der Waals surface area contributed by atoms with Crippen LogP contribution in [-0.4, -0.2) is 13.2 Å². The number of benzene rings is 1. The fraction of sp³-hybridized carbons (Fsp3) is 0.500. The minimum atomic E-state index is -4.27. The van der Waals surface area contributed by atoms with Gasteiger partial charge in [0.25, 0.3) is 0 Å². The summed E-state index contributed by atoms with van der Waals surface area (Å²) in [6, 6.07) is 0.910. The van der Waals surface area contributed by atoms with Gasteiger partial charge in [-0.1, -0.05) is 0 Å². The van der Waals surface area contributed by atoms with Crippen molar-refractivity contribution in [1.29, 1.82) is 0 Å². The van der Waals surface area contributed by atoms with Gasteiger partial charge in [0.2, 0.25) is 0 Å². The van der Waals surface area contributed by atoms with E-state index in [9.17, 15) is 26.3 Å². The third-order valence-corrected chi connectivity index (χ3v) is 2.71. The molecule has 1 atom stereocenters. The topological polar surface area (TPSA) is 12.0 Å². The third kappa shape index (κ3) is 4.74. The van der Waals surface area contributed by atoms with Crippen molar-refractivity contribution < 1.29 is 26.3 Å². The second-order valence-electron chi connectivity index (χ2n) is 4.15. The molecule has 0 aliphatic carbocycles. The molecule has 7 heteroatoms. The van der Waals surface area contributed by atoms with Crippen LogP contribution in [0.4, 0.5) is 26.3 Å².